The molecular weight excluding hydrogens is 303 g/mol. The fourth-order valence-corrected chi connectivity index (χ4v) is 2.95. The summed E-state index contributed by atoms with van der Waals surface area (Å²) in [6.07, 6.45) is 0.771. The van der Waals surface area contributed by atoms with Crippen LogP contribution in [0.15, 0.2) is 17.5 Å². The Balaban J connectivity index is 2.36. The highest BCUT2D eigenvalue weighted by Gasteiger charge is 2.12. The van der Waals surface area contributed by atoms with Crippen LogP contribution in [0, 0.1) is 0 Å². The minimum absolute atomic E-state index is 0.537. The SMILES string of the molecule is CCOc1cc(Cl)c(-c2csc(CCN)n2)cc1Cl. The molecule has 0 amide bonds. The number of hydrogen-bond acceptors (Lipinski definition) is 4. The third-order valence-corrected chi connectivity index (χ3v) is 4.02. The van der Waals surface area contributed by atoms with Crippen LogP contribution in [-0.2, 0) is 6.42 Å². The lowest BCUT2D eigenvalue weighted by molar-refractivity contribution is 0.340. The van der Waals surface area contributed by atoms with E-state index in [1.807, 2.05) is 12.3 Å². The highest BCUT2D eigenvalue weighted by Crippen LogP contribution is 2.37. The van der Waals surface area contributed by atoms with E-state index in [0.717, 1.165) is 22.7 Å². The first-order valence-corrected chi connectivity index (χ1v) is 7.56. The van der Waals surface area contributed by atoms with Gasteiger partial charge in [-0.1, -0.05) is 23.2 Å². The molecule has 0 aliphatic heterocycles. The van der Waals surface area contributed by atoms with Gasteiger partial charge < -0.3 is 10.5 Å². The van der Waals surface area contributed by atoms with Crippen molar-refractivity contribution in [1.29, 1.82) is 0 Å². The molecule has 1 aromatic carbocycles. The van der Waals surface area contributed by atoms with Gasteiger partial charge in [0.25, 0.3) is 0 Å². The zero-order valence-electron chi connectivity index (χ0n) is 10.5. The van der Waals surface area contributed by atoms with Crippen molar-refractivity contribution in [3.05, 3.63) is 32.6 Å². The average Bonchev–Trinajstić information content (AvgIpc) is 2.82. The van der Waals surface area contributed by atoms with Crippen molar-refractivity contribution in [2.24, 2.45) is 5.73 Å². The van der Waals surface area contributed by atoms with Gasteiger partial charge in [-0.2, -0.15) is 0 Å². The van der Waals surface area contributed by atoms with Crippen LogP contribution < -0.4 is 10.5 Å². The van der Waals surface area contributed by atoms with Crippen LogP contribution in [0.25, 0.3) is 11.3 Å². The topological polar surface area (TPSA) is 48.1 Å². The zero-order chi connectivity index (χ0) is 13.8. The fraction of sp³-hybridized carbons (Fsp3) is 0.308. The van der Waals surface area contributed by atoms with Crippen LogP contribution in [0.4, 0.5) is 0 Å². The van der Waals surface area contributed by atoms with Gasteiger partial charge in [-0.25, -0.2) is 4.98 Å². The van der Waals surface area contributed by atoms with Crippen molar-refractivity contribution >= 4 is 34.5 Å². The standard InChI is InChI=1S/C13H14Cl2N2OS/c1-2-18-12-6-9(14)8(5-10(12)15)11-7-19-13(17-11)3-4-16/h5-7H,2-4,16H2,1H3. The molecule has 0 saturated heterocycles. The number of thiazole rings is 1. The lowest BCUT2D eigenvalue weighted by Crippen LogP contribution is -2.02. The van der Waals surface area contributed by atoms with E-state index >= 15 is 0 Å². The second-order valence-electron chi connectivity index (χ2n) is 3.86. The molecule has 0 bridgehead atoms. The first-order valence-electron chi connectivity index (χ1n) is 5.92. The van der Waals surface area contributed by atoms with Crippen molar-refractivity contribution in [2.45, 2.75) is 13.3 Å². The zero-order valence-corrected chi connectivity index (χ0v) is 12.8. The predicted octanol–water partition coefficient (Wildman–Crippen LogP) is 4.02. The Morgan fingerprint density at radius 1 is 1.32 bits per heavy atom. The van der Waals surface area contributed by atoms with E-state index in [0.29, 0.717) is 28.9 Å². The molecule has 2 aromatic rings. The van der Waals surface area contributed by atoms with Gasteiger partial charge in [-0.05, 0) is 19.5 Å². The van der Waals surface area contributed by atoms with Crippen LogP contribution in [-0.4, -0.2) is 18.1 Å². The molecule has 0 spiro atoms. The summed E-state index contributed by atoms with van der Waals surface area (Å²) in [5.41, 5.74) is 7.16. The first kappa shape index (κ1) is 14.6. The van der Waals surface area contributed by atoms with Crippen LogP contribution in [0.2, 0.25) is 10.0 Å². The Morgan fingerprint density at radius 3 is 2.79 bits per heavy atom. The monoisotopic (exact) mass is 316 g/mol. The van der Waals surface area contributed by atoms with Crippen molar-refractivity contribution in [3.8, 4) is 17.0 Å². The summed E-state index contributed by atoms with van der Waals surface area (Å²) < 4.78 is 5.40. The molecule has 2 N–H and O–H groups in total. The van der Waals surface area contributed by atoms with Crippen molar-refractivity contribution in [2.75, 3.05) is 13.2 Å². The Morgan fingerprint density at radius 2 is 2.11 bits per heavy atom. The number of nitrogens with two attached hydrogens (primary N) is 1. The molecule has 0 unspecified atom stereocenters. The highest BCUT2D eigenvalue weighted by molar-refractivity contribution is 7.09. The summed E-state index contributed by atoms with van der Waals surface area (Å²) in [5, 5.41) is 4.08. The number of halogens is 2. The maximum absolute atomic E-state index is 6.26. The molecule has 19 heavy (non-hydrogen) atoms. The molecule has 0 aliphatic rings. The van der Waals surface area contributed by atoms with Gasteiger partial charge in [0.1, 0.15) is 5.75 Å². The van der Waals surface area contributed by atoms with Crippen LogP contribution in [0.3, 0.4) is 0 Å². The molecule has 0 atom stereocenters. The highest BCUT2D eigenvalue weighted by atomic mass is 35.5. The number of nitrogens with zero attached hydrogens (tertiary/aromatic N) is 1. The summed E-state index contributed by atoms with van der Waals surface area (Å²) in [6, 6.07) is 3.51. The molecule has 2 rings (SSSR count). The Hall–Kier alpha value is -0.810. The first-order chi connectivity index (χ1) is 9.15. The van der Waals surface area contributed by atoms with Crippen molar-refractivity contribution in [3.63, 3.8) is 0 Å². The van der Waals surface area contributed by atoms with E-state index in [-0.39, 0.29) is 0 Å². The van der Waals surface area contributed by atoms with Gasteiger partial charge in [0, 0.05) is 23.4 Å². The molecule has 1 heterocycles. The van der Waals surface area contributed by atoms with E-state index < -0.39 is 0 Å². The van der Waals surface area contributed by atoms with Gasteiger partial charge in [0.15, 0.2) is 0 Å². The number of benzene rings is 1. The minimum atomic E-state index is 0.537. The second-order valence-corrected chi connectivity index (χ2v) is 5.62. The quantitative estimate of drug-likeness (QED) is 0.906. The molecule has 1 aromatic heterocycles. The number of ether oxygens (including phenoxy) is 1. The van der Waals surface area contributed by atoms with Crippen molar-refractivity contribution in [1.82, 2.24) is 4.98 Å². The second kappa shape index (κ2) is 6.57. The summed E-state index contributed by atoms with van der Waals surface area (Å²) in [5.74, 6) is 0.593. The fourth-order valence-electron chi connectivity index (χ4n) is 1.66. The van der Waals surface area contributed by atoms with Crippen LogP contribution >= 0.6 is 34.5 Å². The van der Waals surface area contributed by atoms with Gasteiger partial charge in [-0.15, -0.1) is 11.3 Å². The summed E-state index contributed by atoms with van der Waals surface area (Å²) in [6.45, 7) is 3.04. The Bertz CT molecular complexity index is 572. The Kier molecular flexibility index (Phi) is 5.05. The summed E-state index contributed by atoms with van der Waals surface area (Å²) in [4.78, 5) is 4.50. The molecule has 0 radical (unpaired) electrons. The number of hydrogen-bond donors (Lipinski definition) is 1. The van der Waals surface area contributed by atoms with Gasteiger partial charge in [0.2, 0.25) is 0 Å². The van der Waals surface area contributed by atoms with E-state index in [9.17, 15) is 0 Å². The van der Waals surface area contributed by atoms with E-state index in [1.165, 1.54) is 0 Å². The number of rotatable bonds is 5. The third-order valence-electron chi connectivity index (χ3n) is 2.51. The summed E-state index contributed by atoms with van der Waals surface area (Å²) >= 11 is 14.0. The van der Waals surface area contributed by atoms with E-state index in [4.69, 9.17) is 33.7 Å². The lowest BCUT2D eigenvalue weighted by atomic mass is 10.1. The molecule has 6 heteroatoms. The Labute approximate surface area is 126 Å². The molecule has 0 saturated carbocycles. The summed E-state index contributed by atoms with van der Waals surface area (Å²) in [7, 11) is 0. The van der Waals surface area contributed by atoms with Gasteiger partial charge in [-0.3, -0.25) is 0 Å². The average molecular weight is 317 g/mol. The van der Waals surface area contributed by atoms with Gasteiger partial charge in [0.05, 0.1) is 27.4 Å². The van der Waals surface area contributed by atoms with Gasteiger partial charge >= 0.3 is 0 Å². The number of aromatic nitrogens is 1. The van der Waals surface area contributed by atoms with E-state index in [2.05, 4.69) is 4.98 Å². The molecule has 0 fully saturated rings. The largest absolute Gasteiger partial charge is 0.492 e. The third kappa shape index (κ3) is 3.39. The smallest absolute Gasteiger partial charge is 0.139 e. The molecule has 0 aliphatic carbocycles. The van der Waals surface area contributed by atoms with Crippen LogP contribution in [0.1, 0.15) is 11.9 Å². The normalized spacial score (nSPS) is 10.7. The lowest BCUT2D eigenvalue weighted by Gasteiger charge is -2.08. The predicted molar refractivity (Wildman–Crippen MR) is 81.5 cm³/mol. The molecule has 3 nitrogen and oxygen atoms in total. The van der Waals surface area contributed by atoms with Crippen molar-refractivity contribution < 1.29 is 4.74 Å². The van der Waals surface area contributed by atoms with Crippen LogP contribution in [0.5, 0.6) is 5.75 Å². The maximum Gasteiger partial charge on any atom is 0.139 e. The minimum Gasteiger partial charge on any atom is -0.492 e. The molecule has 102 valence electrons. The van der Waals surface area contributed by atoms with E-state index in [1.54, 1.807) is 23.5 Å². The molecular formula is C13H14Cl2N2OS. The maximum atomic E-state index is 6.26.